The van der Waals surface area contributed by atoms with Gasteiger partial charge >= 0.3 is 0 Å². The lowest BCUT2D eigenvalue weighted by Crippen LogP contribution is -1.98. The number of rotatable bonds is 2. The molecule has 0 bridgehead atoms. The van der Waals surface area contributed by atoms with Gasteiger partial charge < -0.3 is 5.32 Å². The van der Waals surface area contributed by atoms with Crippen molar-refractivity contribution in [3.8, 4) is 0 Å². The third-order valence-electron chi connectivity index (χ3n) is 2.48. The summed E-state index contributed by atoms with van der Waals surface area (Å²) in [6, 6.07) is 3.93. The number of fused-ring (bicyclic) bond motifs is 1. The first-order valence-electron chi connectivity index (χ1n) is 5.00. The molecule has 0 atom stereocenters. The van der Waals surface area contributed by atoms with Crippen LogP contribution in [-0.4, -0.2) is 16.3 Å². The van der Waals surface area contributed by atoms with Gasteiger partial charge in [-0.2, -0.15) is 5.10 Å². The fourth-order valence-electron chi connectivity index (χ4n) is 1.85. The Kier molecular flexibility index (Phi) is 2.57. The van der Waals surface area contributed by atoms with Crippen LogP contribution in [0.25, 0.3) is 10.9 Å². The minimum absolute atomic E-state index is 0.750. The molecule has 4 heteroatoms. The Morgan fingerprint density at radius 2 is 2.20 bits per heavy atom. The van der Waals surface area contributed by atoms with Crippen LogP contribution in [0.1, 0.15) is 12.5 Å². The maximum absolute atomic E-state index is 6.19. The molecule has 0 saturated carbocycles. The second-order valence-corrected chi connectivity index (χ2v) is 4.00. The van der Waals surface area contributed by atoms with E-state index in [2.05, 4.69) is 17.3 Å². The highest BCUT2D eigenvalue weighted by Gasteiger charge is 2.12. The smallest absolute Gasteiger partial charge is 0.157 e. The molecule has 80 valence electrons. The molecule has 1 heterocycles. The molecular weight excluding hydrogens is 210 g/mol. The summed E-state index contributed by atoms with van der Waals surface area (Å²) in [5.74, 6) is 0.865. The van der Waals surface area contributed by atoms with E-state index in [0.717, 1.165) is 28.3 Å². The zero-order chi connectivity index (χ0) is 11.0. The standard InChI is InChI=1S/C11H14ClN3/c1-4-13-11-9-8(12)6-5-7(2)10(9)15(3)14-11/h5-6H,4H2,1-3H3,(H,13,14). The monoisotopic (exact) mass is 223 g/mol. The molecule has 0 spiro atoms. The van der Waals surface area contributed by atoms with Gasteiger partial charge in [0.2, 0.25) is 0 Å². The summed E-state index contributed by atoms with van der Waals surface area (Å²) in [6.45, 7) is 4.96. The van der Waals surface area contributed by atoms with Gasteiger partial charge in [-0.15, -0.1) is 0 Å². The maximum Gasteiger partial charge on any atom is 0.157 e. The molecule has 0 aliphatic heterocycles. The van der Waals surface area contributed by atoms with E-state index in [1.165, 1.54) is 5.56 Å². The van der Waals surface area contributed by atoms with Crippen molar-refractivity contribution in [3.63, 3.8) is 0 Å². The number of aryl methyl sites for hydroxylation is 2. The van der Waals surface area contributed by atoms with Crippen molar-refractivity contribution in [2.75, 3.05) is 11.9 Å². The molecular formula is C11H14ClN3. The quantitative estimate of drug-likeness (QED) is 0.849. The molecule has 3 nitrogen and oxygen atoms in total. The summed E-state index contributed by atoms with van der Waals surface area (Å²) in [5, 5.41) is 9.41. The van der Waals surface area contributed by atoms with Crippen LogP contribution in [0.3, 0.4) is 0 Å². The first-order valence-corrected chi connectivity index (χ1v) is 5.38. The Balaban J connectivity index is 2.80. The number of nitrogens with one attached hydrogen (secondary N) is 1. The molecule has 1 aromatic carbocycles. The van der Waals surface area contributed by atoms with Crippen molar-refractivity contribution >= 4 is 28.3 Å². The molecule has 1 N–H and O–H groups in total. The van der Waals surface area contributed by atoms with E-state index in [4.69, 9.17) is 11.6 Å². The van der Waals surface area contributed by atoms with E-state index < -0.39 is 0 Å². The van der Waals surface area contributed by atoms with E-state index in [1.807, 2.05) is 30.8 Å². The van der Waals surface area contributed by atoms with Crippen LogP contribution < -0.4 is 5.32 Å². The molecule has 1 aromatic heterocycles. The number of benzene rings is 1. The zero-order valence-electron chi connectivity index (χ0n) is 9.13. The SMILES string of the molecule is CCNc1nn(C)c2c(C)ccc(Cl)c12. The van der Waals surface area contributed by atoms with Crippen molar-refractivity contribution in [1.82, 2.24) is 9.78 Å². The number of hydrogen-bond acceptors (Lipinski definition) is 2. The predicted molar refractivity (Wildman–Crippen MR) is 64.6 cm³/mol. The summed E-state index contributed by atoms with van der Waals surface area (Å²) in [6.07, 6.45) is 0. The molecule has 0 aliphatic carbocycles. The lowest BCUT2D eigenvalue weighted by atomic mass is 10.1. The van der Waals surface area contributed by atoms with Crippen LogP contribution in [0.5, 0.6) is 0 Å². The average molecular weight is 224 g/mol. The van der Waals surface area contributed by atoms with Gasteiger partial charge in [-0.1, -0.05) is 17.7 Å². The molecule has 0 saturated heterocycles. The van der Waals surface area contributed by atoms with E-state index in [9.17, 15) is 0 Å². The van der Waals surface area contributed by atoms with Crippen LogP contribution in [0.4, 0.5) is 5.82 Å². The fraction of sp³-hybridized carbons (Fsp3) is 0.364. The second kappa shape index (κ2) is 3.74. The summed E-state index contributed by atoms with van der Waals surface area (Å²) in [4.78, 5) is 0. The lowest BCUT2D eigenvalue weighted by Gasteiger charge is -2.01. The maximum atomic E-state index is 6.19. The minimum Gasteiger partial charge on any atom is -0.368 e. The first-order chi connectivity index (χ1) is 7.15. The topological polar surface area (TPSA) is 29.9 Å². The van der Waals surface area contributed by atoms with Gasteiger partial charge in [-0.05, 0) is 25.5 Å². The molecule has 0 unspecified atom stereocenters. The van der Waals surface area contributed by atoms with Crippen molar-refractivity contribution in [1.29, 1.82) is 0 Å². The molecule has 0 fully saturated rings. The highest BCUT2D eigenvalue weighted by atomic mass is 35.5. The van der Waals surface area contributed by atoms with Crippen molar-refractivity contribution in [3.05, 3.63) is 22.7 Å². The van der Waals surface area contributed by atoms with Gasteiger partial charge in [-0.25, -0.2) is 0 Å². The third-order valence-corrected chi connectivity index (χ3v) is 2.80. The van der Waals surface area contributed by atoms with E-state index in [-0.39, 0.29) is 0 Å². The van der Waals surface area contributed by atoms with Crippen LogP contribution in [0, 0.1) is 6.92 Å². The summed E-state index contributed by atoms with van der Waals surface area (Å²) < 4.78 is 1.87. The predicted octanol–water partition coefficient (Wildman–Crippen LogP) is 2.97. The molecule has 2 aromatic rings. The van der Waals surface area contributed by atoms with Crippen LogP contribution in [0.15, 0.2) is 12.1 Å². The van der Waals surface area contributed by atoms with Gasteiger partial charge in [0.05, 0.1) is 15.9 Å². The Morgan fingerprint density at radius 3 is 2.87 bits per heavy atom. The zero-order valence-corrected chi connectivity index (χ0v) is 9.89. The lowest BCUT2D eigenvalue weighted by molar-refractivity contribution is 0.796. The largest absolute Gasteiger partial charge is 0.368 e. The van der Waals surface area contributed by atoms with Crippen LogP contribution in [-0.2, 0) is 7.05 Å². The normalized spacial score (nSPS) is 10.9. The van der Waals surface area contributed by atoms with Gasteiger partial charge in [-0.3, -0.25) is 4.68 Å². The van der Waals surface area contributed by atoms with Gasteiger partial charge in [0, 0.05) is 13.6 Å². The van der Waals surface area contributed by atoms with E-state index in [0.29, 0.717) is 0 Å². The third kappa shape index (κ3) is 1.57. The van der Waals surface area contributed by atoms with Crippen molar-refractivity contribution in [2.24, 2.45) is 7.05 Å². The van der Waals surface area contributed by atoms with E-state index >= 15 is 0 Å². The first kappa shape index (κ1) is 10.3. The number of aromatic nitrogens is 2. The number of anilines is 1. The number of halogens is 1. The number of nitrogens with zero attached hydrogens (tertiary/aromatic N) is 2. The highest BCUT2D eigenvalue weighted by Crippen LogP contribution is 2.31. The van der Waals surface area contributed by atoms with Crippen molar-refractivity contribution in [2.45, 2.75) is 13.8 Å². The Morgan fingerprint density at radius 1 is 1.47 bits per heavy atom. The molecule has 15 heavy (non-hydrogen) atoms. The van der Waals surface area contributed by atoms with E-state index in [1.54, 1.807) is 0 Å². The number of hydrogen-bond donors (Lipinski definition) is 1. The fourth-order valence-corrected chi connectivity index (χ4v) is 2.10. The molecule has 0 radical (unpaired) electrons. The molecule has 0 aliphatic rings. The van der Waals surface area contributed by atoms with Gasteiger partial charge in [0.25, 0.3) is 0 Å². The Hall–Kier alpha value is -1.22. The van der Waals surface area contributed by atoms with Gasteiger partial charge in [0.1, 0.15) is 0 Å². The minimum atomic E-state index is 0.750. The second-order valence-electron chi connectivity index (χ2n) is 3.59. The average Bonchev–Trinajstić information content (AvgIpc) is 2.51. The Bertz CT molecular complexity index is 502. The Labute approximate surface area is 94.0 Å². The van der Waals surface area contributed by atoms with Crippen molar-refractivity contribution < 1.29 is 0 Å². The highest BCUT2D eigenvalue weighted by molar-refractivity contribution is 6.36. The van der Waals surface area contributed by atoms with Crippen LogP contribution in [0.2, 0.25) is 5.02 Å². The molecule has 0 amide bonds. The van der Waals surface area contributed by atoms with Gasteiger partial charge in [0.15, 0.2) is 5.82 Å². The summed E-state index contributed by atoms with van der Waals surface area (Å²) in [7, 11) is 1.94. The summed E-state index contributed by atoms with van der Waals surface area (Å²) >= 11 is 6.19. The van der Waals surface area contributed by atoms with Crippen LogP contribution >= 0.6 is 11.6 Å². The summed E-state index contributed by atoms with van der Waals surface area (Å²) in [5.41, 5.74) is 2.28. The molecule has 2 rings (SSSR count).